The van der Waals surface area contributed by atoms with Gasteiger partial charge in [0, 0.05) is 28.8 Å². The number of hydrogen-bond acceptors (Lipinski definition) is 7. The second-order valence-electron chi connectivity index (χ2n) is 7.61. The minimum absolute atomic E-state index is 0.160. The molecule has 3 rings (SSSR count). The Balaban J connectivity index is 1.86. The summed E-state index contributed by atoms with van der Waals surface area (Å²) in [4.78, 5) is 37.6. The van der Waals surface area contributed by atoms with Crippen LogP contribution in [0.3, 0.4) is 0 Å². The van der Waals surface area contributed by atoms with E-state index in [1.165, 1.54) is 37.5 Å². The number of carbonyl (C=O) groups excluding carboxylic acids is 3. The number of carbonyl (C=O) groups is 3. The first-order valence-corrected chi connectivity index (χ1v) is 12.4. The van der Waals surface area contributed by atoms with Crippen molar-refractivity contribution in [3.63, 3.8) is 0 Å². The summed E-state index contributed by atoms with van der Waals surface area (Å²) < 4.78 is 11.9. The van der Waals surface area contributed by atoms with Crippen LogP contribution in [0.1, 0.15) is 22.0 Å². The highest BCUT2D eigenvalue weighted by molar-refractivity contribution is 9.11. The van der Waals surface area contributed by atoms with Crippen LogP contribution in [0.25, 0.3) is 0 Å². The minimum Gasteiger partial charge on any atom is -0.506 e. The zero-order valence-corrected chi connectivity index (χ0v) is 22.7. The number of para-hydroxylation sites is 2. The lowest BCUT2D eigenvalue weighted by Gasteiger charge is -2.25. The van der Waals surface area contributed by atoms with E-state index in [9.17, 15) is 19.5 Å². The Kier molecular flexibility index (Phi) is 9.84. The van der Waals surface area contributed by atoms with Gasteiger partial charge in [-0.05, 0) is 58.4 Å². The van der Waals surface area contributed by atoms with Crippen molar-refractivity contribution in [2.45, 2.75) is 12.2 Å². The molecule has 192 valence electrons. The van der Waals surface area contributed by atoms with Crippen molar-refractivity contribution in [1.29, 1.82) is 0 Å². The van der Waals surface area contributed by atoms with E-state index in [1.54, 1.807) is 48.5 Å². The first kappa shape index (κ1) is 27.9. The predicted molar refractivity (Wildman–Crippen MR) is 146 cm³/mol. The number of methoxy groups -OCH3 is 1. The van der Waals surface area contributed by atoms with E-state index >= 15 is 0 Å². The maximum atomic E-state index is 12.7. The van der Waals surface area contributed by atoms with Crippen molar-refractivity contribution in [1.82, 2.24) is 5.32 Å². The number of aromatic hydroxyl groups is 1. The van der Waals surface area contributed by atoms with Crippen LogP contribution in [0.2, 0.25) is 0 Å². The summed E-state index contributed by atoms with van der Waals surface area (Å²) in [6.07, 6.45) is -0.823. The average molecular weight is 633 g/mol. The molecule has 3 amide bonds. The Bertz CT molecular complexity index is 1320. The van der Waals surface area contributed by atoms with Gasteiger partial charge >= 0.3 is 6.09 Å². The van der Waals surface area contributed by atoms with Crippen molar-refractivity contribution >= 4 is 61.1 Å². The fourth-order valence-electron chi connectivity index (χ4n) is 3.28. The number of alkyl carbamates (subject to hydrolysis) is 1. The lowest BCUT2D eigenvalue weighted by molar-refractivity contribution is -0.112. The molecular weight excluding hydrogens is 610 g/mol. The molecule has 9 nitrogen and oxygen atoms in total. The molecule has 11 heteroatoms. The molecule has 0 heterocycles. The number of halogens is 2. The van der Waals surface area contributed by atoms with Crippen LogP contribution in [0, 0.1) is 0 Å². The molecule has 0 radical (unpaired) electrons. The van der Waals surface area contributed by atoms with Crippen LogP contribution in [0.4, 0.5) is 16.2 Å². The third kappa shape index (κ3) is 7.66. The molecule has 3 aromatic rings. The number of anilines is 2. The fraction of sp³-hybridized carbons (Fsp3) is 0.115. The SMILES string of the molecule is CO[C@H](/C=C/C(=O)Nc1ccccc1N)[C@H](OC(=O)NC(=O)c1ccccc1)c1cc(Br)cc(Br)c1O. The van der Waals surface area contributed by atoms with E-state index in [0.29, 0.717) is 20.3 Å². The number of nitrogen functional groups attached to an aromatic ring is 1. The molecule has 0 spiro atoms. The molecule has 0 saturated carbocycles. The second kappa shape index (κ2) is 13.0. The number of amides is 3. The maximum absolute atomic E-state index is 12.7. The number of benzene rings is 3. The number of hydrogen-bond donors (Lipinski definition) is 4. The molecule has 3 aromatic carbocycles. The Morgan fingerprint density at radius 1 is 1.03 bits per heavy atom. The molecule has 0 fully saturated rings. The van der Waals surface area contributed by atoms with Crippen LogP contribution in [-0.2, 0) is 14.3 Å². The Labute approximate surface area is 229 Å². The van der Waals surface area contributed by atoms with Gasteiger partial charge in [0.05, 0.1) is 15.8 Å². The monoisotopic (exact) mass is 631 g/mol. The van der Waals surface area contributed by atoms with Gasteiger partial charge in [-0.3, -0.25) is 14.9 Å². The van der Waals surface area contributed by atoms with Crippen LogP contribution in [0.5, 0.6) is 5.75 Å². The number of phenolic OH excluding ortho intramolecular Hbond substituents is 1. The standard InChI is InChI=1S/C26H23Br2N3O6/c1-36-21(11-12-22(32)30-20-10-6-5-9-19(20)29)24(17-13-16(27)14-18(28)23(17)33)37-26(35)31-25(34)15-7-3-2-4-8-15/h2-14,21,24,33H,29H2,1H3,(H,30,32)(H,31,34,35)/b12-11+/t21-,24-/m1/s1. The number of phenols is 1. The first-order chi connectivity index (χ1) is 17.7. The van der Waals surface area contributed by atoms with E-state index in [2.05, 4.69) is 42.5 Å². The lowest BCUT2D eigenvalue weighted by atomic mass is 10.0. The van der Waals surface area contributed by atoms with Gasteiger partial charge in [-0.2, -0.15) is 0 Å². The number of rotatable bonds is 8. The van der Waals surface area contributed by atoms with Gasteiger partial charge in [0.1, 0.15) is 11.9 Å². The number of ether oxygens (including phenoxy) is 2. The maximum Gasteiger partial charge on any atom is 0.414 e. The number of nitrogens with two attached hydrogens (primary N) is 1. The van der Waals surface area contributed by atoms with Gasteiger partial charge in [0.15, 0.2) is 6.10 Å². The third-order valence-corrected chi connectivity index (χ3v) is 6.14. The van der Waals surface area contributed by atoms with E-state index in [4.69, 9.17) is 15.2 Å². The van der Waals surface area contributed by atoms with E-state index < -0.39 is 30.1 Å². The zero-order chi connectivity index (χ0) is 26.9. The molecular formula is C26H23Br2N3O6. The zero-order valence-electron chi connectivity index (χ0n) is 19.5. The van der Waals surface area contributed by atoms with Crippen molar-refractivity contribution in [2.24, 2.45) is 0 Å². The average Bonchev–Trinajstić information content (AvgIpc) is 2.87. The summed E-state index contributed by atoms with van der Waals surface area (Å²) in [7, 11) is 1.34. The van der Waals surface area contributed by atoms with Crippen molar-refractivity contribution < 1.29 is 29.0 Å². The summed E-state index contributed by atoms with van der Waals surface area (Å²) in [6.45, 7) is 0. The molecule has 37 heavy (non-hydrogen) atoms. The molecule has 2 atom stereocenters. The molecule has 0 aliphatic heterocycles. The third-order valence-electron chi connectivity index (χ3n) is 5.08. The quantitative estimate of drug-likeness (QED) is 0.195. The number of nitrogens with one attached hydrogen (secondary N) is 2. The van der Waals surface area contributed by atoms with Crippen molar-refractivity contribution in [3.8, 4) is 5.75 Å². The molecule has 5 N–H and O–H groups in total. The smallest absolute Gasteiger partial charge is 0.414 e. The molecule has 0 aliphatic rings. The minimum atomic E-state index is -1.26. The van der Waals surface area contributed by atoms with Gasteiger partial charge in [-0.15, -0.1) is 0 Å². The molecule has 0 unspecified atom stereocenters. The van der Waals surface area contributed by atoms with Crippen molar-refractivity contribution in [2.75, 3.05) is 18.2 Å². The highest BCUT2D eigenvalue weighted by atomic mass is 79.9. The Morgan fingerprint density at radius 2 is 1.70 bits per heavy atom. The molecule has 0 saturated heterocycles. The highest BCUT2D eigenvalue weighted by Crippen LogP contribution is 2.39. The van der Waals surface area contributed by atoms with Crippen LogP contribution in [0.15, 0.2) is 87.8 Å². The van der Waals surface area contributed by atoms with Crippen LogP contribution < -0.4 is 16.4 Å². The van der Waals surface area contributed by atoms with E-state index in [-0.39, 0.29) is 16.9 Å². The van der Waals surface area contributed by atoms with Crippen molar-refractivity contribution in [3.05, 3.63) is 99.0 Å². The predicted octanol–water partition coefficient (Wildman–Crippen LogP) is 5.32. The summed E-state index contributed by atoms with van der Waals surface area (Å²) in [5.74, 6) is -1.40. The lowest BCUT2D eigenvalue weighted by Crippen LogP contribution is -2.35. The normalized spacial score (nSPS) is 12.5. The van der Waals surface area contributed by atoms with Crippen LogP contribution in [-0.4, -0.2) is 36.2 Å². The summed E-state index contributed by atoms with van der Waals surface area (Å²) in [5, 5.41) is 15.5. The Morgan fingerprint density at radius 3 is 2.38 bits per heavy atom. The highest BCUT2D eigenvalue weighted by Gasteiger charge is 2.30. The van der Waals surface area contributed by atoms with Crippen LogP contribution >= 0.6 is 31.9 Å². The van der Waals surface area contributed by atoms with E-state index in [1.807, 2.05) is 0 Å². The molecule has 0 aromatic heterocycles. The topological polar surface area (TPSA) is 140 Å². The fourth-order valence-corrected chi connectivity index (χ4v) is 4.54. The summed E-state index contributed by atoms with van der Waals surface area (Å²) >= 11 is 6.60. The number of imide groups is 1. The van der Waals surface area contributed by atoms with Gasteiger partial charge in [-0.25, -0.2) is 4.79 Å². The molecule has 0 aliphatic carbocycles. The van der Waals surface area contributed by atoms with E-state index in [0.717, 1.165) is 0 Å². The second-order valence-corrected chi connectivity index (χ2v) is 9.38. The summed E-state index contributed by atoms with van der Waals surface area (Å²) in [6, 6.07) is 18.0. The van der Waals surface area contributed by atoms with Gasteiger partial charge in [-0.1, -0.05) is 46.3 Å². The van der Waals surface area contributed by atoms with Gasteiger partial charge in [0.25, 0.3) is 5.91 Å². The van der Waals surface area contributed by atoms with Gasteiger partial charge in [0.2, 0.25) is 5.91 Å². The van der Waals surface area contributed by atoms with Gasteiger partial charge < -0.3 is 25.6 Å². The Hall–Kier alpha value is -3.67. The summed E-state index contributed by atoms with van der Waals surface area (Å²) in [5.41, 5.74) is 7.09. The largest absolute Gasteiger partial charge is 0.506 e. The molecule has 0 bridgehead atoms. The first-order valence-electron chi connectivity index (χ1n) is 10.8.